The standard InChI is InChI=1S/C12H18Si/c1-11(2)13(3,4)10-12-8-6-5-7-9-12/h5-9H,1,10H2,2-4H3. The summed E-state index contributed by atoms with van der Waals surface area (Å²) in [6, 6.07) is 11.9. The molecule has 0 aromatic heterocycles. The van der Waals surface area contributed by atoms with E-state index in [9.17, 15) is 0 Å². The maximum atomic E-state index is 4.08. The zero-order valence-electron chi connectivity index (χ0n) is 8.80. The molecule has 1 heteroatoms. The molecule has 0 heterocycles. The van der Waals surface area contributed by atoms with E-state index >= 15 is 0 Å². The van der Waals surface area contributed by atoms with Gasteiger partial charge in [0.1, 0.15) is 0 Å². The number of hydrogen-bond donors (Lipinski definition) is 0. The minimum atomic E-state index is -1.22. The van der Waals surface area contributed by atoms with E-state index in [2.05, 4.69) is 56.9 Å². The van der Waals surface area contributed by atoms with Gasteiger partial charge in [0.15, 0.2) is 0 Å². The predicted octanol–water partition coefficient (Wildman–Crippen LogP) is 3.59. The van der Waals surface area contributed by atoms with Crippen molar-refractivity contribution >= 4 is 8.07 Å². The summed E-state index contributed by atoms with van der Waals surface area (Å²) in [5, 5.41) is 1.39. The lowest BCUT2D eigenvalue weighted by Crippen LogP contribution is -2.30. The van der Waals surface area contributed by atoms with Crippen LogP contribution in [0.1, 0.15) is 12.5 Å². The first-order valence-electron chi connectivity index (χ1n) is 4.72. The monoisotopic (exact) mass is 190 g/mol. The van der Waals surface area contributed by atoms with E-state index in [1.165, 1.54) is 16.8 Å². The minimum absolute atomic E-state index is 1.21. The summed E-state index contributed by atoms with van der Waals surface area (Å²) in [5.74, 6) is 0. The molecule has 0 atom stereocenters. The molecule has 70 valence electrons. The Kier molecular flexibility index (Phi) is 3.10. The van der Waals surface area contributed by atoms with E-state index in [1.807, 2.05) is 0 Å². The van der Waals surface area contributed by atoms with Crippen LogP contribution in [0.2, 0.25) is 13.1 Å². The molecule has 0 saturated carbocycles. The highest BCUT2D eigenvalue weighted by Gasteiger charge is 2.21. The summed E-state index contributed by atoms with van der Waals surface area (Å²) in [6.45, 7) is 11.0. The Morgan fingerprint density at radius 1 is 1.23 bits per heavy atom. The SMILES string of the molecule is C=C(C)[Si](C)(C)Cc1ccccc1. The van der Waals surface area contributed by atoms with Crippen molar-refractivity contribution < 1.29 is 0 Å². The molecule has 0 fully saturated rings. The van der Waals surface area contributed by atoms with E-state index in [1.54, 1.807) is 0 Å². The van der Waals surface area contributed by atoms with Crippen molar-refractivity contribution in [2.75, 3.05) is 0 Å². The summed E-state index contributed by atoms with van der Waals surface area (Å²) in [5.41, 5.74) is 1.45. The summed E-state index contributed by atoms with van der Waals surface area (Å²) in [7, 11) is -1.22. The van der Waals surface area contributed by atoms with Crippen LogP contribution in [0.4, 0.5) is 0 Å². The lowest BCUT2D eigenvalue weighted by atomic mass is 10.2. The van der Waals surface area contributed by atoms with Crippen molar-refractivity contribution in [3.63, 3.8) is 0 Å². The Morgan fingerprint density at radius 2 is 1.77 bits per heavy atom. The Balaban J connectivity index is 2.75. The van der Waals surface area contributed by atoms with E-state index in [-0.39, 0.29) is 0 Å². The zero-order valence-corrected chi connectivity index (χ0v) is 9.80. The van der Waals surface area contributed by atoms with Gasteiger partial charge in [0, 0.05) is 0 Å². The van der Waals surface area contributed by atoms with Crippen molar-refractivity contribution in [3.05, 3.63) is 47.7 Å². The van der Waals surface area contributed by atoms with Crippen LogP contribution >= 0.6 is 0 Å². The lowest BCUT2D eigenvalue weighted by Gasteiger charge is -2.22. The molecule has 0 nitrogen and oxygen atoms in total. The molecule has 0 aliphatic heterocycles. The molecule has 0 saturated heterocycles. The maximum absolute atomic E-state index is 4.08. The van der Waals surface area contributed by atoms with Crippen molar-refractivity contribution in [2.45, 2.75) is 26.1 Å². The number of rotatable bonds is 3. The Hall–Kier alpha value is -0.823. The highest BCUT2D eigenvalue weighted by atomic mass is 28.3. The van der Waals surface area contributed by atoms with Crippen LogP contribution in [0.5, 0.6) is 0 Å². The minimum Gasteiger partial charge on any atom is -0.104 e. The predicted molar refractivity (Wildman–Crippen MR) is 62.4 cm³/mol. The van der Waals surface area contributed by atoms with Crippen molar-refractivity contribution in [1.29, 1.82) is 0 Å². The van der Waals surface area contributed by atoms with Gasteiger partial charge in [-0.05, 0) is 13.0 Å². The van der Waals surface area contributed by atoms with E-state index in [0.717, 1.165) is 0 Å². The fourth-order valence-electron chi connectivity index (χ4n) is 1.26. The summed E-state index contributed by atoms with van der Waals surface area (Å²) >= 11 is 0. The van der Waals surface area contributed by atoms with Crippen LogP contribution < -0.4 is 0 Å². The van der Waals surface area contributed by atoms with E-state index < -0.39 is 8.07 Å². The van der Waals surface area contributed by atoms with Crippen molar-refractivity contribution in [3.8, 4) is 0 Å². The van der Waals surface area contributed by atoms with Crippen LogP contribution in [0.15, 0.2) is 42.1 Å². The molecule has 1 aromatic carbocycles. The molecule has 0 amide bonds. The van der Waals surface area contributed by atoms with Gasteiger partial charge in [-0.1, -0.05) is 54.2 Å². The first-order chi connectivity index (χ1) is 6.02. The number of allylic oxidation sites excluding steroid dienone is 1. The average Bonchev–Trinajstić information content (AvgIpc) is 2.05. The first-order valence-corrected chi connectivity index (χ1v) is 7.93. The van der Waals surface area contributed by atoms with Gasteiger partial charge < -0.3 is 0 Å². The molecule has 0 aliphatic carbocycles. The molecule has 0 spiro atoms. The second kappa shape index (κ2) is 3.92. The molecular weight excluding hydrogens is 172 g/mol. The van der Waals surface area contributed by atoms with Gasteiger partial charge >= 0.3 is 0 Å². The molecule has 1 rings (SSSR count). The molecule has 0 bridgehead atoms. The van der Waals surface area contributed by atoms with Crippen LogP contribution in [0, 0.1) is 0 Å². The fraction of sp³-hybridized carbons (Fsp3) is 0.333. The first kappa shape index (κ1) is 10.3. The van der Waals surface area contributed by atoms with Crippen LogP contribution in [-0.2, 0) is 6.04 Å². The van der Waals surface area contributed by atoms with Gasteiger partial charge in [-0.3, -0.25) is 0 Å². The quantitative estimate of drug-likeness (QED) is 0.639. The van der Waals surface area contributed by atoms with E-state index in [0.29, 0.717) is 0 Å². The normalized spacial score (nSPS) is 11.3. The van der Waals surface area contributed by atoms with Gasteiger partial charge in [-0.15, -0.1) is 6.58 Å². The Bertz CT molecular complexity index is 285. The second-order valence-corrected chi connectivity index (χ2v) is 9.30. The molecule has 0 aliphatic rings. The fourth-order valence-corrected chi connectivity index (χ4v) is 2.82. The molecule has 0 unspecified atom stereocenters. The average molecular weight is 190 g/mol. The topological polar surface area (TPSA) is 0 Å². The smallest absolute Gasteiger partial charge is 0.0786 e. The van der Waals surface area contributed by atoms with Crippen LogP contribution in [-0.4, -0.2) is 8.07 Å². The highest BCUT2D eigenvalue weighted by molar-refractivity contribution is 6.83. The second-order valence-electron chi connectivity index (χ2n) is 4.33. The third kappa shape index (κ3) is 2.85. The van der Waals surface area contributed by atoms with Gasteiger partial charge in [0.25, 0.3) is 0 Å². The molecule has 13 heavy (non-hydrogen) atoms. The Labute approximate surface area is 82.3 Å². The number of hydrogen-bond acceptors (Lipinski definition) is 0. The van der Waals surface area contributed by atoms with Crippen molar-refractivity contribution in [2.24, 2.45) is 0 Å². The third-order valence-electron chi connectivity index (χ3n) is 2.64. The summed E-state index contributed by atoms with van der Waals surface area (Å²) in [6.07, 6.45) is 0. The highest BCUT2D eigenvalue weighted by Crippen LogP contribution is 2.18. The van der Waals surface area contributed by atoms with Gasteiger partial charge in [0.05, 0.1) is 8.07 Å². The van der Waals surface area contributed by atoms with E-state index in [4.69, 9.17) is 0 Å². The summed E-state index contributed by atoms with van der Waals surface area (Å²) in [4.78, 5) is 0. The molecule has 0 N–H and O–H groups in total. The Morgan fingerprint density at radius 3 is 2.23 bits per heavy atom. The van der Waals surface area contributed by atoms with Gasteiger partial charge in [-0.25, -0.2) is 0 Å². The molecular formula is C12H18Si. The maximum Gasteiger partial charge on any atom is 0.0786 e. The largest absolute Gasteiger partial charge is 0.104 e. The van der Waals surface area contributed by atoms with Crippen LogP contribution in [0.25, 0.3) is 0 Å². The lowest BCUT2D eigenvalue weighted by molar-refractivity contribution is 1.30. The molecule has 1 aromatic rings. The summed E-state index contributed by atoms with van der Waals surface area (Å²) < 4.78 is 0. The third-order valence-corrected chi connectivity index (χ3v) is 6.25. The van der Waals surface area contributed by atoms with Gasteiger partial charge in [0.2, 0.25) is 0 Å². The molecule has 0 radical (unpaired) electrons. The van der Waals surface area contributed by atoms with Crippen LogP contribution in [0.3, 0.4) is 0 Å². The number of benzene rings is 1. The van der Waals surface area contributed by atoms with Gasteiger partial charge in [-0.2, -0.15) is 0 Å². The zero-order chi connectivity index (χ0) is 9.90. The van der Waals surface area contributed by atoms with Crippen molar-refractivity contribution in [1.82, 2.24) is 0 Å².